The minimum Gasteiger partial charge on any atom is -0.394 e. The maximum Gasteiger partial charge on any atom is 0.249 e. The van der Waals surface area contributed by atoms with E-state index in [-0.39, 0.29) is 0 Å². The zero-order valence-corrected chi connectivity index (χ0v) is 44.9. The van der Waals surface area contributed by atoms with Gasteiger partial charge in [0.25, 0.3) is 0 Å². The Kier molecular flexibility index (Phi) is 54.2. The predicted octanol–water partition coefficient (Wildman–Crippen LogP) is 17.6. The van der Waals surface area contributed by atoms with Crippen LogP contribution in [0.1, 0.15) is 316 Å². The molecular weight excluding hydrogens is 827 g/mol. The Balaban J connectivity index is 3.67. The summed E-state index contributed by atoms with van der Waals surface area (Å²) in [5.74, 6) is -0.595. The first-order chi connectivity index (χ1) is 33.0. The average molecular weight is 945 g/mol. The number of allylic oxidation sites excluding steroid dienone is 6. The quantitative estimate of drug-likeness (QED) is 0.0308. The van der Waals surface area contributed by atoms with Gasteiger partial charge in [-0.15, -0.1) is 0 Å². The van der Waals surface area contributed by atoms with Crippen LogP contribution < -0.4 is 5.32 Å². The van der Waals surface area contributed by atoms with Gasteiger partial charge in [0.1, 0.15) is 12.2 Å². The first-order valence-electron chi connectivity index (χ1n) is 29.9. The molecule has 0 aliphatic heterocycles. The molecule has 5 N–H and O–H groups in total. The number of unbranched alkanes of at least 4 members (excludes halogenated alkanes) is 40. The highest BCUT2D eigenvalue weighted by molar-refractivity contribution is 5.80. The number of aliphatic hydroxyl groups excluding tert-OH is 4. The molecular formula is C61H117NO5. The highest BCUT2D eigenvalue weighted by Crippen LogP contribution is 2.18. The standard InChI is InChI=1S/C61H117NO5/c1-3-5-7-9-11-13-15-17-19-21-23-25-26-27-28-29-30-31-32-33-34-35-37-38-40-42-44-46-48-50-52-54-58(64)60(66)57(56-63)62-61(67)59(65)55-53-51-49-47-45-43-41-39-36-24-22-20-18-16-14-12-10-8-6-4-2/h33-34,38,40,46,48,57-60,63-66H,3-32,35-37,39,41-45,47,49-56H2,1-2H3,(H,62,67)/b34-33+,40-38+,48-46+. The molecule has 0 rings (SSSR count). The first-order valence-corrected chi connectivity index (χ1v) is 29.9. The fraction of sp³-hybridized carbons (Fsp3) is 0.885. The summed E-state index contributed by atoms with van der Waals surface area (Å²) < 4.78 is 0. The van der Waals surface area contributed by atoms with Gasteiger partial charge in [0.05, 0.1) is 18.8 Å². The molecule has 0 heterocycles. The first kappa shape index (κ1) is 65.5. The Labute approximate surface area is 417 Å². The predicted molar refractivity (Wildman–Crippen MR) is 293 cm³/mol. The van der Waals surface area contributed by atoms with Crippen LogP contribution in [0.3, 0.4) is 0 Å². The van der Waals surface area contributed by atoms with Gasteiger partial charge in [-0.25, -0.2) is 0 Å². The Hall–Kier alpha value is -1.47. The summed E-state index contributed by atoms with van der Waals surface area (Å²) in [5.41, 5.74) is 0. The molecule has 0 aromatic rings. The minimum absolute atomic E-state index is 0.362. The van der Waals surface area contributed by atoms with E-state index < -0.39 is 36.9 Å². The zero-order valence-electron chi connectivity index (χ0n) is 44.9. The molecule has 0 fully saturated rings. The molecule has 0 aromatic carbocycles. The lowest BCUT2D eigenvalue weighted by Crippen LogP contribution is -2.53. The Morgan fingerprint density at radius 1 is 0.358 bits per heavy atom. The molecule has 0 saturated carbocycles. The summed E-state index contributed by atoms with van der Waals surface area (Å²) >= 11 is 0. The number of hydrogen-bond acceptors (Lipinski definition) is 5. The van der Waals surface area contributed by atoms with Gasteiger partial charge in [0.2, 0.25) is 5.91 Å². The van der Waals surface area contributed by atoms with Crippen molar-refractivity contribution < 1.29 is 25.2 Å². The molecule has 0 radical (unpaired) electrons. The van der Waals surface area contributed by atoms with Gasteiger partial charge < -0.3 is 25.7 Å². The van der Waals surface area contributed by atoms with Gasteiger partial charge in [0.15, 0.2) is 0 Å². The highest BCUT2D eigenvalue weighted by Gasteiger charge is 2.28. The molecule has 4 unspecified atom stereocenters. The van der Waals surface area contributed by atoms with Crippen molar-refractivity contribution >= 4 is 5.91 Å². The van der Waals surface area contributed by atoms with Crippen molar-refractivity contribution in [1.29, 1.82) is 0 Å². The Morgan fingerprint density at radius 3 is 0.940 bits per heavy atom. The maximum atomic E-state index is 12.6. The summed E-state index contributed by atoms with van der Waals surface area (Å²) in [7, 11) is 0. The third kappa shape index (κ3) is 49.3. The Morgan fingerprint density at radius 2 is 0.627 bits per heavy atom. The van der Waals surface area contributed by atoms with E-state index in [1.807, 2.05) is 0 Å². The SMILES string of the molecule is CCCCCCCCCCCCCCCCCCCC/C=C/CC/C=C/CC/C=C/CCCC(O)C(O)C(CO)NC(=O)C(O)CCCCCCCCCCCCCCCCCCCCCC. The number of rotatable bonds is 55. The smallest absolute Gasteiger partial charge is 0.249 e. The normalized spacial score (nSPS) is 13.9. The van der Waals surface area contributed by atoms with Crippen LogP contribution in [0.5, 0.6) is 0 Å². The molecule has 4 atom stereocenters. The van der Waals surface area contributed by atoms with Crippen LogP contribution in [-0.2, 0) is 4.79 Å². The molecule has 396 valence electrons. The number of hydrogen-bond donors (Lipinski definition) is 5. The van der Waals surface area contributed by atoms with Crippen LogP contribution in [-0.4, -0.2) is 57.3 Å². The van der Waals surface area contributed by atoms with Gasteiger partial charge in [-0.1, -0.05) is 288 Å². The Bertz CT molecular complexity index is 1060. The molecule has 6 nitrogen and oxygen atoms in total. The van der Waals surface area contributed by atoms with E-state index in [1.54, 1.807) is 0 Å². The van der Waals surface area contributed by atoms with Crippen molar-refractivity contribution in [2.75, 3.05) is 6.61 Å². The van der Waals surface area contributed by atoms with Gasteiger partial charge >= 0.3 is 0 Å². The van der Waals surface area contributed by atoms with Crippen molar-refractivity contribution in [1.82, 2.24) is 5.32 Å². The van der Waals surface area contributed by atoms with Crippen LogP contribution in [0.25, 0.3) is 0 Å². The average Bonchev–Trinajstić information content (AvgIpc) is 3.33. The van der Waals surface area contributed by atoms with E-state index in [0.717, 1.165) is 51.4 Å². The van der Waals surface area contributed by atoms with Gasteiger partial charge in [-0.3, -0.25) is 4.79 Å². The molecule has 0 spiro atoms. The highest BCUT2D eigenvalue weighted by atomic mass is 16.3. The lowest BCUT2D eigenvalue weighted by molar-refractivity contribution is -0.132. The molecule has 6 heteroatoms. The fourth-order valence-corrected chi connectivity index (χ4v) is 9.38. The summed E-state index contributed by atoms with van der Waals surface area (Å²) in [5, 5.41) is 44.0. The summed E-state index contributed by atoms with van der Waals surface area (Å²) in [6.45, 7) is 4.08. The number of aliphatic hydroxyl groups is 4. The van der Waals surface area contributed by atoms with Crippen molar-refractivity contribution in [3.63, 3.8) is 0 Å². The zero-order chi connectivity index (χ0) is 48.8. The van der Waals surface area contributed by atoms with E-state index >= 15 is 0 Å². The van der Waals surface area contributed by atoms with Crippen LogP contribution in [0.15, 0.2) is 36.5 Å². The third-order valence-electron chi connectivity index (χ3n) is 14.1. The number of carbonyl (C=O) groups excluding carboxylic acids is 1. The van der Waals surface area contributed by atoms with Crippen molar-refractivity contribution in [2.24, 2.45) is 0 Å². The number of nitrogens with one attached hydrogen (secondary N) is 1. The van der Waals surface area contributed by atoms with Crippen LogP contribution >= 0.6 is 0 Å². The van der Waals surface area contributed by atoms with E-state index in [1.165, 1.54) is 231 Å². The molecule has 0 saturated heterocycles. The second-order valence-corrected chi connectivity index (χ2v) is 20.7. The topological polar surface area (TPSA) is 110 Å². The number of amides is 1. The summed E-state index contributed by atoms with van der Waals surface area (Å²) in [6, 6.07) is -1.01. The van der Waals surface area contributed by atoms with Gasteiger partial charge in [0, 0.05) is 0 Å². The molecule has 0 bridgehead atoms. The van der Waals surface area contributed by atoms with E-state index in [4.69, 9.17) is 0 Å². The molecule has 0 aliphatic carbocycles. The largest absolute Gasteiger partial charge is 0.394 e. The third-order valence-corrected chi connectivity index (χ3v) is 14.1. The van der Waals surface area contributed by atoms with E-state index in [0.29, 0.717) is 19.3 Å². The fourth-order valence-electron chi connectivity index (χ4n) is 9.38. The van der Waals surface area contributed by atoms with Crippen LogP contribution in [0, 0.1) is 0 Å². The second kappa shape index (κ2) is 55.5. The van der Waals surface area contributed by atoms with E-state index in [9.17, 15) is 25.2 Å². The summed E-state index contributed by atoms with van der Waals surface area (Å²) in [6.07, 6.45) is 69.5. The van der Waals surface area contributed by atoms with Crippen LogP contribution in [0.4, 0.5) is 0 Å². The van der Waals surface area contributed by atoms with Gasteiger partial charge in [-0.05, 0) is 64.2 Å². The van der Waals surface area contributed by atoms with Crippen molar-refractivity contribution in [2.45, 2.75) is 340 Å². The maximum absolute atomic E-state index is 12.6. The molecule has 67 heavy (non-hydrogen) atoms. The monoisotopic (exact) mass is 944 g/mol. The minimum atomic E-state index is -1.29. The van der Waals surface area contributed by atoms with E-state index in [2.05, 4.69) is 55.6 Å². The van der Waals surface area contributed by atoms with Crippen LogP contribution in [0.2, 0.25) is 0 Å². The molecule has 0 aliphatic rings. The number of carbonyl (C=O) groups is 1. The lowest BCUT2D eigenvalue weighted by atomic mass is 10.00. The van der Waals surface area contributed by atoms with Crippen molar-refractivity contribution in [3.05, 3.63) is 36.5 Å². The molecule has 1 amide bonds. The lowest BCUT2D eigenvalue weighted by Gasteiger charge is -2.27. The van der Waals surface area contributed by atoms with Crippen molar-refractivity contribution in [3.8, 4) is 0 Å². The van der Waals surface area contributed by atoms with Gasteiger partial charge in [-0.2, -0.15) is 0 Å². The molecule has 0 aromatic heterocycles. The second-order valence-electron chi connectivity index (χ2n) is 20.7. The summed E-state index contributed by atoms with van der Waals surface area (Å²) in [4.78, 5) is 12.6.